The van der Waals surface area contributed by atoms with Crippen molar-refractivity contribution in [3.8, 4) is 0 Å². The van der Waals surface area contributed by atoms with E-state index in [4.69, 9.17) is 18.9 Å². The molecule has 9 nitrogen and oxygen atoms in total. The number of nitrogens with one attached hydrogen (secondary N) is 2. The van der Waals surface area contributed by atoms with Crippen molar-refractivity contribution < 1.29 is 33.3 Å². The smallest absolute Gasteiger partial charge is 0.407 e. The highest BCUT2D eigenvalue weighted by Crippen LogP contribution is 2.59. The second kappa shape index (κ2) is 12.8. The number of alkyl carbamates (subject to hydrolysis) is 1. The Hall–Kier alpha value is -2.75. The number of ether oxygens (including phenoxy) is 4. The molecule has 220 valence electrons. The highest BCUT2D eigenvalue weighted by atomic mass is 16.6. The molecular formula is C31H44N2O7. The van der Waals surface area contributed by atoms with Crippen molar-refractivity contribution in [3.05, 3.63) is 41.5 Å². The van der Waals surface area contributed by atoms with Crippen LogP contribution in [0.4, 0.5) is 10.5 Å². The monoisotopic (exact) mass is 556 g/mol. The van der Waals surface area contributed by atoms with Gasteiger partial charge in [-0.1, -0.05) is 30.7 Å². The fourth-order valence-corrected chi connectivity index (χ4v) is 5.97. The molecule has 9 heteroatoms. The molecule has 2 N–H and O–H groups in total. The third kappa shape index (κ3) is 7.30. The molecule has 1 spiro atoms. The summed E-state index contributed by atoms with van der Waals surface area (Å²) in [6.45, 7) is 9.19. The van der Waals surface area contributed by atoms with E-state index in [1.54, 1.807) is 14.0 Å². The van der Waals surface area contributed by atoms with E-state index >= 15 is 0 Å². The molecule has 2 saturated heterocycles. The van der Waals surface area contributed by atoms with Gasteiger partial charge in [0.15, 0.2) is 0 Å². The number of hydrogen-bond acceptors (Lipinski definition) is 7. The van der Waals surface area contributed by atoms with Crippen LogP contribution in [0.15, 0.2) is 35.9 Å². The minimum absolute atomic E-state index is 0.0155. The molecule has 1 aromatic carbocycles. The molecule has 40 heavy (non-hydrogen) atoms. The van der Waals surface area contributed by atoms with E-state index in [0.29, 0.717) is 38.1 Å². The molecule has 3 aliphatic rings. The van der Waals surface area contributed by atoms with Gasteiger partial charge in [0, 0.05) is 38.6 Å². The summed E-state index contributed by atoms with van der Waals surface area (Å²) in [6, 6.07) is 7.45. The number of rotatable bonds is 13. The van der Waals surface area contributed by atoms with Crippen molar-refractivity contribution in [3.63, 3.8) is 0 Å². The summed E-state index contributed by atoms with van der Waals surface area (Å²) in [4.78, 5) is 36.1. The zero-order valence-electron chi connectivity index (χ0n) is 24.4. The van der Waals surface area contributed by atoms with Crippen LogP contribution < -0.4 is 10.6 Å². The number of carbonyl (C=O) groups excluding carboxylic acids is 3. The average Bonchev–Trinajstić information content (AvgIpc) is 3.84. The second-order valence-electron chi connectivity index (χ2n) is 11.6. The summed E-state index contributed by atoms with van der Waals surface area (Å²) < 4.78 is 24.0. The fraction of sp³-hybridized carbons (Fsp3) is 0.645. The summed E-state index contributed by atoms with van der Waals surface area (Å²) in [5.41, 5.74) is 2.32. The number of hydrogen-bond donors (Lipinski definition) is 2. The maximum atomic E-state index is 12.7. The molecule has 0 bridgehead atoms. The molecule has 0 radical (unpaired) electrons. The van der Waals surface area contributed by atoms with Crippen LogP contribution in [0.2, 0.25) is 0 Å². The minimum atomic E-state index is -0.466. The number of carbonyl (C=O) groups is 3. The predicted molar refractivity (Wildman–Crippen MR) is 151 cm³/mol. The van der Waals surface area contributed by atoms with E-state index in [1.165, 1.54) is 5.57 Å². The maximum absolute atomic E-state index is 12.7. The first-order chi connectivity index (χ1) is 19.1. The Morgan fingerprint density at radius 2 is 1.88 bits per heavy atom. The van der Waals surface area contributed by atoms with E-state index in [9.17, 15) is 14.4 Å². The van der Waals surface area contributed by atoms with Gasteiger partial charge < -0.3 is 29.6 Å². The van der Waals surface area contributed by atoms with Crippen LogP contribution in [-0.2, 0) is 35.0 Å². The van der Waals surface area contributed by atoms with Crippen LogP contribution in [0.5, 0.6) is 0 Å². The van der Waals surface area contributed by atoms with Gasteiger partial charge in [0.2, 0.25) is 5.91 Å². The van der Waals surface area contributed by atoms with Gasteiger partial charge in [0.25, 0.3) is 0 Å². The van der Waals surface area contributed by atoms with Crippen molar-refractivity contribution in [1.29, 1.82) is 0 Å². The molecule has 1 unspecified atom stereocenters. The predicted octanol–water partition coefficient (Wildman–Crippen LogP) is 4.73. The van der Waals surface area contributed by atoms with E-state index in [2.05, 4.69) is 37.5 Å². The first-order valence-electron chi connectivity index (χ1n) is 14.4. The topological polar surface area (TPSA) is 119 Å². The van der Waals surface area contributed by atoms with Crippen LogP contribution in [0.25, 0.3) is 0 Å². The highest BCUT2D eigenvalue weighted by molar-refractivity contribution is 5.93. The highest BCUT2D eigenvalue weighted by Gasteiger charge is 2.72. The summed E-state index contributed by atoms with van der Waals surface area (Å²) in [7, 11) is 1.67. The Morgan fingerprint density at radius 3 is 2.50 bits per heavy atom. The van der Waals surface area contributed by atoms with E-state index in [0.717, 1.165) is 18.4 Å². The van der Waals surface area contributed by atoms with Crippen molar-refractivity contribution in [2.24, 2.45) is 5.92 Å². The number of Topliss-reactive ketones (excluding diaryl/α,β-unsaturated/α-hetero) is 1. The summed E-state index contributed by atoms with van der Waals surface area (Å²) >= 11 is 0. The van der Waals surface area contributed by atoms with Crippen LogP contribution >= 0.6 is 0 Å². The maximum Gasteiger partial charge on any atom is 0.407 e. The molecule has 4 rings (SSSR count). The number of allylic oxidation sites excluding steroid dienone is 1. The van der Waals surface area contributed by atoms with E-state index in [1.807, 2.05) is 24.3 Å². The Bertz CT molecular complexity index is 1090. The molecule has 2 amide bonds. The molecule has 6 atom stereocenters. The standard InChI is InChI=1S/C31H44N2O7/c1-6-23(34)12-14-26(35)33-22-10-8-21(9-11-22)16-18-32-29(36)39-24-15-17-31(19-38-31)28(27(24)37-5)30(4)25(40-30)13-7-20(2)3/h7-11,24-25,27-28H,6,12-19H2,1-5H3,(H,32,36)(H,33,35)/t24-,25-,27-,28-,30?,31+/m1/s1. The number of ketones is 1. The van der Waals surface area contributed by atoms with E-state index < -0.39 is 6.09 Å². The number of benzene rings is 1. The second-order valence-corrected chi connectivity index (χ2v) is 11.6. The molecule has 1 aromatic rings. The molecule has 1 aliphatic carbocycles. The number of methoxy groups -OCH3 is 1. The van der Waals surface area contributed by atoms with Crippen molar-refractivity contribution >= 4 is 23.5 Å². The Labute approximate surface area is 237 Å². The van der Waals surface area contributed by atoms with Crippen molar-refractivity contribution in [2.75, 3.05) is 25.6 Å². The lowest BCUT2D eigenvalue weighted by atomic mass is 9.68. The molecular weight excluding hydrogens is 512 g/mol. The van der Waals surface area contributed by atoms with Gasteiger partial charge in [0.1, 0.15) is 29.2 Å². The summed E-state index contributed by atoms with van der Waals surface area (Å²) in [5, 5.41) is 5.67. The van der Waals surface area contributed by atoms with Crippen LogP contribution in [0, 0.1) is 5.92 Å². The largest absolute Gasteiger partial charge is 0.443 e. The average molecular weight is 557 g/mol. The third-order valence-electron chi connectivity index (χ3n) is 8.44. The lowest BCUT2D eigenvalue weighted by molar-refractivity contribution is -0.122. The Kier molecular flexibility index (Phi) is 9.69. The van der Waals surface area contributed by atoms with Gasteiger partial charge in [-0.25, -0.2) is 4.79 Å². The van der Waals surface area contributed by atoms with Crippen LogP contribution in [-0.4, -0.2) is 67.6 Å². The third-order valence-corrected chi connectivity index (χ3v) is 8.44. The van der Waals surface area contributed by atoms with Gasteiger partial charge in [-0.15, -0.1) is 0 Å². The van der Waals surface area contributed by atoms with Gasteiger partial charge in [-0.2, -0.15) is 0 Å². The van der Waals surface area contributed by atoms with Crippen LogP contribution in [0.1, 0.15) is 71.8 Å². The fourth-order valence-electron chi connectivity index (χ4n) is 5.97. The van der Waals surface area contributed by atoms with Crippen LogP contribution in [0.3, 0.4) is 0 Å². The lowest BCUT2D eigenvalue weighted by Gasteiger charge is -2.42. The zero-order chi connectivity index (χ0) is 28.9. The molecule has 1 saturated carbocycles. The molecule has 2 heterocycles. The molecule has 0 aromatic heterocycles. The van der Waals surface area contributed by atoms with Gasteiger partial charge in [-0.3, -0.25) is 9.59 Å². The first-order valence-corrected chi connectivity index (χ1v) is 14.4. The first kappa shape index (κ1) is 30.2. The normalized spacial score (nSPS) is 30.3. The number of anilines is 1. The number of amides is 2. The Balaban J connectivity index is 1.24. The minimum Gasteiger partial charge on any atom is -0.443 e. The van der Waals surface area contributed by atoms with Gasteiger partial charge in [-0.05, 0) is 64.2 Å². The SMILES string of the molecule is CCC(=O)CCC(=O)Nc1ccc(CCNC(=O)O[C@@H]2CC[C@]3(CO3)[C@@H](C3(C)O[C@@H]3CC=C(C)C)[C@@H]2OC)cc1. The van der Waals surface area contributed by atoms with Gasteiger partial charge >= 0.3 is 6.09 Å². The molecule has 2 aliphatic heterocycles. The van der Waals surface area contributed by atoms with Crippen molar-refractivity contribution in [2.45, 2.75) is 102 Å². The number of epoxide rings is 2. The lowest BCUT2D eigenvalue weighted by Crippen LogP contribution is -2.56. The Morgan fingerprint density at radius 1 is 1.15 bits per heavy atom. The molecule has 3 fully saturated rings. The van der Waals surface area contributed by atoms with Gasteiger partial charge in [0.05, 0.1) is 18.6 Å². The summed E-state index contributed by atoms with van der Waals surface area (Å²) in [5.74, 6) is -0.116. The zero-order valence-corrected chi connectivity index (χ0v) is 24.4. The van der Waals surface area contributed by atoms with Crippen molar-refractivity contribution in [1.82, 2.24) is 5.32 Å². The summed E-state index contributed by atoms with van der Waals surface area (Å²) in [6.07, 6.45) is 4.97. The quantitative estimate of drug-likeness (QED) is 0.266. The van der Waals surface area contributed by atoms with E-state index in [-0.39, 0.29) is 60.0 Å².